The predicted octanol–water partition coefficient (Wildman–Crippen LogP) is 3.65. The third-order valence-electron chi connectivity index (χ3n) is 4.66. The van der Waals surface area contributed by atoms with Gasteiger partial charge in [-0.15, -0.1) is 0 Å². The first kappa shape index (κ1) is 16.8. The number of hydrogen-bond acceptors (Lipinski definition) is 3. The molecule has 1 aliphatic heterocycles. The summed E-state index contributed by atoms with van der Waals surface area (Å²) in [5, 5.41) is 4.21. The maximum atomic E-state index is 11.7. The fourth-order valence-corrected chi connectivity index (χ4v) is 3.36. The second-order valence-corrected chi connectivity index (χ2v) is 7.00. The van der Waals surface area contributed by atoms with E-state index in [1.807, 2.05) is 26.0 Å². The number of furan rings is 1. The van der Waals surface area contributed by atoms with Crippen LogP contribution in [0.1, 0.15) is 31.6 Å². The Morgan fingerprint density at radius 2 is 2.17 bits per heavy atom. The van der Waals surface area contributed by atoms with E-state index in [2.05, 4.69) is 29.3 Å². The van der Waals surface area contributed by atoms with Crippen molar-refractivity contribution in [1.82, 2.24) is 10.2 Å². The Bertz CT molecular complexity index is 756. The van der Waals surface area contributed by atoms with Crippen LogP contribution in [0, 0.1) is 12.8 Å². The number of aryl methyl sites for hydroxylation is 1. The molecule has 1 saturated heterocycles. The summed E-state index contributed by atoms with van der Waals surface area (Å²) in [6.45, 7) is 9.66. The van der Waals surface area contributed by atoms with Gasteiger partial charge in [-0.25, -0.2) is 0 Å². The molecule has 0 radical (unpaired) electrons. The normalized spacial score (nSPS) is 18.0. The Balaban J connectivity index is 1.55. The minimum atomic E-state index is 0.0154. The average Bonchev–Trinajstić information content (AvgIpc) is 3.11. The smallest absolute Gasteiger partial charge is 0.243 e. The summed E-state index contributed by atoms with van der Waals surface area (Å²) in [5.74, 6) is 1.59. The zero-order valence-electron chi connectivity index (χ0n) is 14.8. The third kappa shape index (κ3) is 3.88. The van der Waals surface area contributed by atoms with Gasteiger partial charge in [0.1, 0.15) is 11.3 Å². The molecule has 1 aromatic heterocycles. The van der Waals surface area contributed by atoms with Gasteiger partial charge in [0, 0.05) is 24.6 Å². The van der Waals surface area contributed by atoms with Crippen LogP contribution in [-0.2, 0) is 11.3 Å². The summed E-state index contributed by atoms with van der Waals surface area (Å²) in [7, 11) is 0. The summed E-state index contributed by atoms with van der Waals surface area (Å²) in [5.41, 5.74) is 3.24. The maximum Gasteiger partial charge on any atom is 0.243 e. The molecule has 1 aliphatic rings. The number of carbonyl (C=O) groups is 1. The number of rotatable bonds is 5. The van der Waals surface area contributed by atoms with Crippen molar-refractivity contribution in [3.63, 3.8) is 0 Å². The van der Waals surface area contributed by atoms with E-state index in [1.54, 1.807) is 6.08 Å². The van der Waals surface area contributed by atoms with Gasteiger partial charge in [-0.2, -0.15) is 0 Å². The van der Waals surface area contributed by atoms with Crippen LogP contribution in [0.4, 0.5) is 0 Å². The number of benzene rings is 1. The standard InChI is InChI=1S/C20H26N2O2/c1-14(2)10-20(23)21-11-16-8-9-22(12-16)13-19-15(3)17-6-4-5-7-18(17)24-19/h4-7,10,16H,8-9,11-13H2,1-3H3,(H,21,23)/t16-/m0/s1. The molecule has 3 rings (SSSR count). The minimum Gasteiger partial charge on any atom is -0.459 e. The van der Waals surface area contributed by atoms with Crippen LogP contribution >= 0.6 is 0 Å². The van der Waals surface area contributed by atoms with Crippen molar-refractivity contribution in [2.45, 2.75) is 33.7 Å². The zero-order chi connectivity index (χ0) is 17.1. The van der Waals surface area contributed by atoms with Gasteiger partial charge in [-0.1, -0.05) is 23.8 Å². The molecule has 1 atom stereocenters. The Morgan fingerprint density at radius 3 is 2.92 bits per heavy atom. The van der Waals surface area contributed by atoms with E-state index in [-0.39, 0.29) is 5.91 Å². The Kier molecular flexibility index (Phi) is 5.05. The van der Waals surface area contributed by atoms with Gasteiger partial charge in [0.2, 0.25) is 5.91 Å². The van der Waals surface area contributed by atoms with Crippen molar-refractivity contribution in [2.24, 2.45) is 5.92 Å². The van der Waals surface area contributed by atoms with Crippen molar-refractivity contribution in [3.05, 3.63) is 47.2 Å². The number of amides is 1. The minimum absolute atomic E-state index is 0.0154. The van der Waals surface area contributed by atoms with Gasteiger partial charge < -0.3 is 9.73 Å². The Hall–Kier alpha value is -2.07. The lowest BCUT2D eigenvalue weighted by molar-refractivity contribution is -0.116. The lowest BCUT2D eigenvalue weighted by atomic mass is 10.1. The van der Waals surface area contributed by atoms with Crippen LogP contribution in [0.15, 0.2) is 40.3 Å². The number of nitrogens with one attached hydrogen (secondary N) is 1. The summed E-state index contributed by atoms with van der Waals surface area (Å²) in [6.07, 6.45) is 2.78. The molecule has 4 heteroatoms. The molecule has 0 spiro atoms. The van der Waals surface area contributed by atoms with Gasteiger partial charge in [-0.05, 0) is 51.3 Å². The highest BCUT2D eigenvalue weighted by Crippen LogP contribution is 2.27. The van der Waals surface area contributed by atoms with Crippen LogP contribution in [-0.4, -0.2) is 30.4 Å². The van der Waals surface area contributed by atoms with Gasteiger partial charge in [-0.3, -0.25) is 9.69 Å². The zero-order valence-corrected chi connectivity index (χ0v) is 14.8. The highest BCUT2D eigenvalue weighted by atomic mass is 16.3. The van der Waals surface area contributed by atoms with Crippen LogP contribution in [0.5, 0.6) is 0 Å². The summed E-state index contributed by atoms with van der Waals surface area (Å²) < 4.78 is 6.02. The van der Waals surface area contributed by atoms with Crippen molar-refractivity contribution in [2.75, 3.05) is 19.6 Å². The van der Waals surface area contributed by atoms with Gasteiger partial charge in [0.05, 0.1) is 6.54 Å². The molecular formula is C20H26N2O2. The number of allylic oxidation sites excluding steroid dienone is 1. The summed E-state index contributed by atoms with van der Waals surface area (Å²) >= 11 is 0. The van der Waals surface area contributed by atoms with E-state index in [0.29, 0.717) is 5.92 Å². The molecule has 1 fully saturated rings. The van der Waals surface area contributed by atoms with E-state index < -0.39 is 0 Å². The molecule has 0 unspecified atom stereocenters. The molecule has 1 N–H and O–H groups in total. The van der Waals surface area contributed by atoms with Crippen molar-refractivity contribution >= 4 is 16.9 Å². The van der Waals surface area contributed by atoms with E-state index in [1.165, 1.54) is 10.9 Å². The second-order valence-electron chi connectivity index (χ2n) is 7.00. The van der Waals surface area contributed by atoms with E-state index in [0.717, 1.165) is 49.5 Å². The Morgan fingerprint density at radius 1 is 1.38 bits per heavy atom. The van der Waals surface area contributed by atoms with Gasteiger partial charge in [0.25, 0.3) is 0 Å². The van der Waals surface area contributed by atoms with Crippen molar-refractivity contribution < 1.29 is 9.21 Å². The number of carbonyl (C=O) groups excluding carboxylic acids is 1. The lowest BCUT2D eigenvalue weighted by Crippen LogP contribution is -2.29. The first-order valence-corrected chi connectivity index (χ1v) is 8.65. The number of nitrogens with zero attached hydrogens (tertiary/aromatic N) is 1. The molecule has 2 heterocycles. The summed E-state index contributed by atoms with van der Waals surface area (Å²) in [4.78, 5) is 14.1. The molecule has 0 bridgehead atoms. The van der Waals surface area contributed by atoms with E-state index in [9.17, 15) is 4.79 Å². The van der Waals surface area contributed by atoms with E-state index in [4.69, 9.17) is 4.42 Å². The van der Waals surface area contributed by atoms with Crippen molar-refractivity contribution in [3.8, 4) is 0 Å². The fraction of sp³-hybridized carbons (Fsp3) is 0.450. The number of hydrogen-bond donors (Lipinski definition) is 1. The van der Waals surface area contributed by atoms with Crippen LogP contribution in [0.25, 0.3) is 11.0 Å². The Labute approximate surface area is 143 Å². The van der Waals surface area contributed by atoms with Gasteiger partial charge in [0.15, 0.2) is 0 Å². The van der Waals surface area contributed by atoms with Crippen LogP contribution < -0.4 is 5.32 Å². The van der Waals surface area contributed by atoms with Crippen LogP contribution in [0.3, 0.4) is 0 Å². The average molecular weight is 326 g/mol. The maximum absolute atomic E-state index is 11.7. The molecule has 2 aromatic rings. The monoisotopic (exact) mass is 326 g/mol. The predicted molar refractivity (Wildman–Crippen MR) is 96.8 cm³/mol. The quantitative estimate of drug-likeness (QED) is 0.853. The first-order chi connectivity index (χ1) is 11.5. The molecule has 1 aromatic carbocycles. The molecule has 1 amide bonds. The molecule has 128 valence electrons. The molecule has 0 saturated carbocycles. The third-order valence-corrected chi connectivity index (χ3v) is 4.66. The highest BCUT2D eigenvalue weighted by Gasteiger charge is 2.24. The highest BCUT2D eigenvalue weighted by molar-refractivity contribution is 5.88. The first-order valence-electron chi connectivity index (χ1n) is 8.65. The largest absolute Gasteiger partial charge is 0.459 e. The SMILES string of the molecule is CC(C)=CC(=O)NC[C@@H]1CCN(Cc2oc3ccccc3c2C)C1. The summed E-state index contributed by atoms with van der Waals surface area (Å²) in [6, 6.07) is 8.20. The van der Waals surface area contributed by atoms with E-state index >= 15 is 0 Å². The number of fused-ring (bicyclic) bond motifs is 1. The number of likely N-dealkylation sites (tertiary alicyclic amines) is 1. The van der Waals surface area contributed by atoms with Crippen LogP contribution in [0.2, 0.25) is 0 Å². The second kappa shape index (κ2) is 7.22. The topological polar surface area (TPSA) is 45.5 Å². The van der Waals surface area contributed by atoms with Crippen molar-refractivity contribution in [1.29, 1.82) is 0 Å². The number of para-hydroxylation sites is 1. The molecule has 24 heavy (non-hydrogen) atoms. The molecule has 4 nitrogen and oxygen atoms in total. The molecular weight excluding hydrogens is 300 g/mol. The molecule has 0 aliphatic carbocycles. The fourth-order valence-electron chi connectivity index (χ4n) is 3.36. The van der Waals surface area contributed by atoms with Gasteiger partial charge >= 0.3 is 0 Å². The lowest BCUT2D eigenvalue weighted by Gasteiger charge is -2.15.